The number of hydrogen-bond acceptors (Lipinski definition) is 6. The van der Waals surface area contributed by atoms with E-state index in [9.17, 15) is 4.79 Å². The van der Waals surface area contributed by atoms with Crippen molar-refractivity contribution in [2.75, 3.05) is 33.4 Å². The van der Waals surface area contributed by atoms with Crippen molar-refractivity contribution in [1.29, 1.82) is 0 Å². The zero-order valence-electron chi connectivity index (χ0n) is 15.5. The van der Waals surface area contributed by atoms with Gasteiger partial charge in [-0.2, -0.15) is 0 Å². The maximum absolute atomic E-state index is 12.8. The molecule has 1 saturated heterocycles. The smallest absolute Gasteiger partial charge is 0.185 e. The molecule has 0 amide bonds. The van der Waals surface area contributed by atoms with Gasteiger partial charge in [-0.05, 0) is 37.6 Å². The van der Waals surface area contributed by atoms with Crippen LogP contribution in [0.5, 0.6) is 17.2 Å². The minimum Gasteiger partial charge on any atom is -0.496 e. The predicted octanol–water partition coefficient (Wildman–Crippen LogP) is 2.96. The minimum absolute atomic E-state index is 0.0168. The molecule has 0 aliphatic carbocycles. The molecule has 0 radical (unpaired) electrons. The summed E-state index contributed by atoms with van der Waals surface area (Å²) in [4.78, 5) is 19.3. The van der Waals surface area contributed by atoms with Crippen LogP contribution in [-0.2, 0) is 6.54 Å². The molecule has 2 aromatic rings. The number of rotatable bonds is 5. The van der Waals surface area contributed by atoms with Crippen molar-refractivity contribution in [3.8, 4) is 17.2 Å². The van der Waals surface area contributed by atoms with Gasteiger partial charge in [-0.25, -0.2) is 0 Å². The number of hydrogen-bond donors (Lipinski definition) is 0. The van der Waals surface area contributed by atoms with Crippen LogP contribution in [0.25, 0.3) is 0 Å². The molecule has 6 nitrogen and oxygen atoms in total. The van der Waals surface area contributed by atoms with Crippen LogP contribution < -0.4 is 14.2 Å². The highest BCUT2D eigenvalue weighted by atomic mass is 16.6. The van der Waals surface area contributed by atoms with E-state index >= 15 is 0 Å². The van der Waals surface area contributed by atoms with Crippen LogP contribution in [0.4, 0.5) is 0 Å². The number of ether oxygens (including phenoxy) is 3. The number of Topliss-reactive ketones (excluding diaryl/α,β-unsaturated/α-hetero) is 1. The normalized spacial score (nSPS) is 19.5. The van der Waals surface area contributed by atoms with Crippen LogP contribution in [0.1, 0.15) is 28.9 Å². The van der Waals surface area contributed by atoms with Gasteiger partial charge in [-0.15, -0.1) is 0 Å². The van der Waals surface area contributed by atoms with E-state index in [4.69, 9.17) is 14.2 Å². The number of carbonyl (C=O) groups excluding carboxylic acids is 1. The Morgan fingerprint density at radius 1 is 1.26 bits per heavy atom. The Kier molecular flexibility index (Phi) is 5.25. The number of fused-ring (bicyclic) bond motifs is 1. The van der Waals surface area contributed by atoms with Gasteiger partial charge in [-0.1, -0.05) is 6.07 Å². The Labute approximate surface area is 159 Å². The molecule has 1 fully saturated rings. The van der Waals surface area contributed by atoms with Crippen LogP contribution >= 0.6 is 0 Å². The summed E-state index contributed by atoms with van der Waals surface area (Å²) in [6, 6.07) is 9.38. The van der Waals surface area contributed by atoms with Gasteiger partial charge >= 0.3 is 0 Å². The molecule has 1 unspecified atom stereocenters. The zero-order chi connectivity index (χ0) is 18.6. The van der Waals surface area contributed by atoms with Gasteiger partial charge in [0.2, 0.25) is 0 Å². The quantitative estimate of drug-likeness (QED) is 0.756. The molecule has 27 heavy (non-hydrogen) atoms. The molecule has 4 rings (SSSR count). The fourth-order valence-electron chi connectivity index (χ4n) is 3.80. The van der Waals surface area contributed by atoms with Crippen LogP contribution in [0.3, 0.4) is 0 Å². The van der Waals surface area contributed by atoms with E-state index in [1.165, 1.54) is 0 Å². The molecule has 6 heteroatoms. The molecule has 2 aliphatic heterocycles. The molecule has 1 aromatic heterocycles. The second kappa shape index (κ2) is 7.96. The largest absolute Gasteiger partial charge is 0.496 e. The van der Waals surface area contributed by atoms with Crippen LogP contribution in [0.2, 0.25) is 0 Å². The number of piperidine rings is 1. The van der Waals surface area contributed by atoms with Gasteiger partial charge in [0, 0.05) is 36.8 Å². The van der Waals surface area contributed by atoms with E-state index in [0.29, 0.717) is 25.5 Å². The maximum Gasteiger partial charge on any atom is 0.185 e. The lowest BCUT2D eigenvalue weighted by atomic mass is 9.91. The zero-order valence-corrected chi connectivity index (χ0v) is 15.5. The van der Waals surface area contributed by atoms with Crippen molar-refractivity contribution in [2.45, 2.75) is 19.4 Å². The van der Waals surface area contributed by atoms with Crippen molar-refractivity contribution in [3.63, 3.8) is 0 Å². The number of benzene rings is 1. The van der Waals surface area contributed by atoms with Gasteiger partial charge in [0.15, 0.2) is 17.3 Å². The minimum atomic E-state index is -0.0168. The summed E-state index contributed by atoms with van der Waals surface area (Å²) in [6.07, 6.45) is 3.58. The number of likely N-dealkylation sites (tertiary alicyclic amines) is 1. The molecule has 0 N–H and O–H groups in total. The highest BCUT2D eigenvalue weighted by Gasteiger charge is 2.28. The summed E-state index contributed by atoms with van der Waals surface area (Å²) in [5, 5.41) is 0. The lowest BCUT2D eigenvalue weighted by Crippen LogP contribution is -2.38. The molecule has 1 aromatic carbocycles. The molecular formula is C21H24N2O4. The monoisotopic (exact) mass is 368 g/mol. The summed E-state index contributed by atoms with van der Waals surface area (Å²) in [5.74, 6) is 2.39. The molecule has 0 saturated carbocycles. The van der Waals surface area contributed by atoms with Gasteiger partial charge in [0.25, 0.3) is 0 Å². The van der Waals surface area contributed by atoms with Crippen molar-refractivity contribution in [1.82, 2.24) is 9.88 Å². The Bertz CT molecular complexity index is 809. The lowest BCUT2D eigenvalue weighted by Gasteiger charge is -2.32. The van der Waals surface area contributed by atoms with Gasteiger partial charge < -0.3 is 14.2 Å². The maximum atomic E-state index is 12.8. The van der Waals surface area contributed by atoms with E-state index in [-0.39, 0.29) is 11.7 Å². The molecule has 1 atom stereocenters. The van der Waals surface area contributed by atoms with Gasteiger partial charge in [0.05, 0.1) is 7.11 Å². The van der Waals surface area contributed by atoms with E-state index < -0.39 is 0 Å². The van der Waals surface area contributed by atoms with Crippen molar-refractivity contribution in [2.24, 2.45) is 5.92 Å². The first-order valence-electron chi connectivity index (χ1n) is 9.38. The van der Waals surface area contributed by atoms with Gasteiger partial charge in [0.1, 0.15) is 24.7 Å². The number of nitrogens with zero attached hydrogens (tertiary/aromatic N) is 2. The topological polar surface area (TPSA) is 60.9 Å². The van der Waals surface area contributed by atoms with E-state index in [1.807, 2.05) is 24.3 Å². The Morgan fingerprint density at radius 3 is 2.81 bits per heavy atom. The third kappa shape index (κ3) is 3.90. The second-order valence-corrected chi connectivity index (χ2v) is 6.96. The Morgan fingerprint density at radius 2 is 2.07 bits per heavy atom. The molecule has 3 heterocycles. The van der Waals surface area contributed by atoms with E-state index in [2.05, 4.69) is 9.88 Å². The summed E-state index contributed by atoms with van der Waals surface area (Å²) in [6.45, 7) is 3.52. The SMILES string of the molecule is COc1cc2c(cc1CN1CCCC(C(=O)c3ccccn3)C1)OCCO2. The predicted molar refractivity (Wildman–Crippen MR) is 101 cm³/mol. The number of aromatic nitrogens is 1. The molecule has 0 spiro atoms. The average molecular weight is 368 g/mol. The number of carbonyl (C=O) groups is 1. The lowest BCUT2D eigenvalue weighted by molar-refractivity contribution is 0.0805. The second-order valence-electron chi connectivity index (χ2n) is 6.96. The molecule has 0 bridgehead atoms. The number of ketones is 1. The molecule has 2 aliphatic rings. The van der Waals surface area contributed by atoms with E-state index in [0.717, 1.165) is 48.7 Å². The first-order valence-corrected chi connectivity index (χ1v) is 9.38. The van der Waals surface area contributed by atoms with Gasteiger partial charge in [-0.3, -0.25) is 14.7 Å². The van der Waals surface area contributed by atoms with Crippen LogP contribution in [0, 0.1) is 5.92 Å². The Hall–Kier alpha value is -2.60. The van der Waals surface area contributed by atoms with E-state index in [1.54, 1.807) is 19.4 Å². The standard InChI is InChI=1S/C21H24N2O4/c1-25-18-12-20-19(26-9-10-27-20)11-16(18)14-23-8-4-5-15(13-23)21(24)17-6-2-3-7-22-17/h2-3,6-7,11-12,15H,4-5,8-10,13-14H2,1H3. The first-order chi connectivity index (χ1) is 13.2. The number of pyridine rings is 1. The molecular weight excluding hydrogens is 344 g/mol. The summed E-state index contributed by atoms with van der Waals surface area (Å²) < 4.78 is 16.9. The van der Waals surface area contributed by atoms with Crippen LogP contribution in [0.15, 0.2) is 36.5 Å². The fourth-order valence-corrected chi connectivity index (χ4v) is 3.80. The van der Waals surface area contributed by atoms with Crippen molar-refractivity contribution in [3.05, 3.63) is 47.8 Å². The third-order valence-electron chi connectivity index (χ3n) is 5.13. The van der Waals surface area contributed by atoms with Crippen molar-refractivity contribution >= 4 is 5.78 Å². The fraction of sp³-hybridized carbons (Fsp3) is 0.429. The Balaban J connectivity index is 1.49. The summed E-state index contributed by atoms with van der Waals surface area (Å²) in [7, 11) is 1.67. The average Bonchev–Trinajstić information content (AvgIpc) is 2.73. The summed E-state index contributed by atoms with van der Waals surface area (Å²) in [5.41, 5.74) is 1.61. The van der Waals surface area contributed by atoms with Crippen LogP contribution in [-0.4, -0.2) is 49.1 Å². The highest BCUT2D eigenvalue weighted by molar-refractivity contribution is 5.96. The highest BCUT2D eigenvalue weighted by Crippen LogP contribution is 2.37. The first kappa shape index (κ1) is 17.8. The molecule has 142 valence electrons. The third-order valence-corrected chi connectivity index (χ3v) is 5.13. The van der Waals surface area contributed by atoms with Crippen molar-refractivity contribution < 1.29 is 19.0 Å². The number of methoxy groups -OCH3 is 1. The summed E-state index contributed by atoms with van der Waals surface area (Å²) >= 11 is 0.